The summed E-state index contributed by atoms with van der Waals surface area (Å²) in [6.07, 6.45) is -0.980. The number of aliphatic hydroxyl groups excluding tert-OH is 2. The summed E-state index contributed by atoms with van der Waals surface area (Å²) in [5.74, 6) is 0.373. The smallest absolute Gasteiger partial charge is 0.410 e. The van der Waals surface area contributed by atoms with Gasteiger partial charge in [-0.05, 0) is 56.9 Å². The van der Waals surface area contributed by atoms with Gasteiger partial charge in [-0.15, -0.1) is 0 Å². The molecule has 0 bridgehead atoms. The average Bonchev–Trinajstić information content (AvgIpc) is 2.54. The second-order valence-corrected chi connectivity index (χ2v) is 7.90. The molecular formula is C19H27NO5. The first-order valence-electron chi connectivity index (χ1n) is 8.74. The molecule has 138 valence electrons. The second kappa shape index (κ2) is 6.50. The van der Waals surface area contributed by atoms with E-state index in [4.69, 9.17) is 9.47 Å². The summed E-state index contributed by atoms with van der Waals surface area (Å²) in [5, 5.41) is 20.8. The van der Waals surface area contributed by atoms with Crippen molar-refractivity contribution in [3.05, 3.63) is 29.3 Å². The minimum Gasteiger partial charge on any atom is -0.497 e. The SMILES string of the molecule is COc1ccc2c(c1)CN(C(=O)OC(C)(C)C)[C@H]1CC[C@H](O)[C@H](O)[C@@H]21. The third kappa shape index (κ3) is 3.46. The molecule has 6 nitrogen and oxygen atoms in total. The summed E-state index contributed by atoms with van der Waals surface area (Å²) < 4.78 is 10.9. The van der Waals surface area contributed by atoms with E-state index in [0.29, 0.717) is 25.1 Å². The van der Waals surface area contributed by atoms with Gasteiger partial charge in [-0.3, -0.25) is 0 Å². The minimum absolute atomic E-state index is 0.186. The van der Waals surface area contributed by atoms with Crippen molar-refractivity contribution in [3.63, 3.8) is 0 Å². The normalized spacial score (nSPS) is 28.8. The lowest BCUT2D eigenvalue weighted by atomic mass is 9.72. The molecule has 0 saturated heterocycles. The summed E-state index contributed by atoms with van der Waals surface area (Å²) in [6.45, 7) is 5.92. The average molecular weight is 349 g/mol. The van der Waals surface area contributed by atoms with Crippen molar-refractivity contribution in [2.24, 2.45) is 0 Å². The molecule has 1 aliphatic carbocycles. The second-order valence-electron chi connectivity index (χ2n) is 7.90. The van der Waals surface area contributed by atoms with Crippen LogP contribution in [0.5, 0.6) is 5.75 Å². The molecule has 1 fully saturated rings. The number of amides is 1. The Morgan fingerprint density at radius 1 is 1.24 bits per heavy atom. The van der Waals surface area contributed by atoms with Crippen LogP contribution in [-0.4, -0.2) is 52.2 Å². The molecule has 1 aromatic carbocycles. The standard InChI is InChI=1S/C19H27NO5/c1-19(2,3)25-18(23)20-10-11-9-12(24-4)5-6-13(11)16-14(20)7-8-15(21)17(16)22/h5-6,9,14-17,21-22H,7-8,10H2,1-4H3/t14-,15-,16-,17-/m0/s1. The molecule has 3 rings (SSSR count). The number of ether oxygens (including phenoxy) is 2. The Kier molecular flexibility index (Phi) is 4.68. The monoisotopic (exact) mass is 349 g/mol. The van der Waals surface area contributed by atoms with Crippen LogP contribution in [0.1, 0.15) is 50.7 Å². The number of benzene rings is 1. The van der Waals surface area contributed by atoms with E-state index in [1.165, 1.54) is 0 Å². The topological polar surface area (TPSA) is 79.2 Å². The zero-order valence-corrected chi connectivity index (χ0v) is 15.2. The Balaban J connectivity index is 2.00. The Labute approximate surface area is 148 Å². The third-order valence-corrected chi connectivity index (χ3v) is 5.01. The van der Waals surface area contributed by atoms with E-state index in [0.717, 1.165) is 11.1 Å². The first-order valence-corrected chi connectivity index (χ1v) is 8.74. The summed E-state index contributed by atoms with van der Waals surface area (Å²) in [4.78, 5) is 14.4. The molecule has 1 amide bonds. The number of fused-ring (bicyclic) bond motifs is 3. The summed E-state index contributed by atoms with van der Waals surface area (Å²) in [6, 6.07) is 5.48. The molecular weight excluding hydrogens is 322 g/mol. The zero-order valence-electron chi connectivity index (χ0n) is 15.2. The molecule has 0 unspecified atom stereocenters. The van der Waals surface area contributed by atoms with E-state index in [9.17, 15) is 15.0 Å². The third-order valence-electron chi connectivity index (χ3n) is 5.01. The predicted octanol–water partition coefficient (Wildman–Crippen LogP) is 2.41. The highest BCUT2D eigenvalue weighted by Crippen LogP contribution is 2.43. The Hall–Kier alpha value is -1.79. The van der Waals surface area contributed by atoms with Gasteiger partial charge in [0.05, 0.1) is 19.3 Å². The maximum Gasteiger partial charge on any atom is 0.410 e. The van der Waals surface area contributed by atoms with E-state index >= 15 is 0 Å². The van der Waals surface area contributed by atoms with Crippen LogP contribution in [0.3, 0.4) is 0 Å². The fourth-order valence-corrected chi connectivity index (χ4v) is 3.89. The molecule has 1 saturated carbocycles. The van der Waals surface area contributed by atoms with Crippen LogP contribution in [0.25, 0.3) is 0 Å². The molecule has 0 radical (unpaired) electrons. The van der Waals surface area contributed by atoms with Crippen LogP contribution in [0.2, 0.25) is 0 Å². The lowest BCUT2D eigenvalue weighted by Gasteiger charge is -2.48. The van der Waals surface area contributed by atoms with E-state index < -0.39 is 17.8 Å². The number of hydrogen-bond donors (Lipinski definition) is 2. The number of carbonyl (C=O) groups is 1. The van der Waals surface area contributed by atoms with Crippen molar-refractivity contribution in [1.29, 1.82) is 0 Å². The van der Waals surface area contributed by atoms with Crippen LogP contribution in [-0.2, 0) is 11.3 Å². The van der Waals surface area contributed by atoms with Gasteiger partial charge in [-0.1, -0.05) is 6.07 Å². The predicted molar refractivity (Wildman–Crippen MR) is 92.5 cm³/mol. The van der Waals surface area contributed by atoms with Crippen molar-refractivity contribution in [1.82, 2.24) is 4.90 Å². The summed E-state index contributed by atoms with van der Waals surface area (Å²) >= 11 is 0. The van der Waals surface area contributed by atoms with Gasteiger partial charge in [0.1, 0.15) is 11.4 Å². The molecule has 25 heavy (non-hydrogen) atoms. The molecule has 6 heteroatoms. The lowest BCUT2D eigenvalue weighted by molar-refractivity contribution is -0.0646. The van der Waals surface area contributed by atoms with Crippen LogP contribution in [0.4, 0.5) is 4.79 Å². The number of methoxy groups -OCH3 is 1. The number of carbonyl (C=O) groups excluding carboxylic acids is 1. The zero-order chi connectivity index (χ0) is 18.4. The van der Waals surface area contributed by atoms with Crippen molar-refractivity contribution in [3.8, 4) is 5.75 Å². The van der Waals surface area contributed by atoms with Gasteiger partial charge < -0.3 is 24.6 Å². The van der Waals surface area contributed by atoms with Crippen molar-refractivity contribution in [2.45, 2.75) is 69.9 Å². The number of hydrogen-bond acceptors (Lipinski definition) is 5. The van der Waals surface area contributed by atoms with E-state index in [1.807, 2.05) is 39.0 Å². The van der Waals surface area contributed by atoms with Gasteiger partial charge in [0.15, 0.2) is 0 Å². The minimum atomic E-state index is -0.906. The van der Waals surface area contributed by atoms with E-state index in [-0.39, 0.29) is 18.1 Å². The van der Waals surface area contributed by atoms with E-state index in [2.05, 4.69) is 0 Å². The van der Waals surface area contributed by atoms with Crippen LogP contribution in [0, 0.1) is 0 Å². The number of nitrogens with zero attached hydrogens (tertiary/aromatic N) is 1. The van der Waals surface area contributed by atoms with Gasteiger partial charge in [-0.25, -0.2) is 4.79 Å². The lowest BCUT2D eigenvalue weighted by Crippen LogP contribution is -2.55. The van der Waals surface area contributed by atoms with Crippen LogP contribution in [0.15, 0.2) is 18.2 Å². The molecule has 1 aliphatic heterocycles. The maximum atomic E-state index is 12.7. The van der Waals surface area contributed by atoms with Gasteiger partial charge in [-0.2, -0.15) is 0 Å². The summed E-state index contributed by atoms with van der Waals surface area (Å²) in [5.41, 5.74) is 1.30. The highest BCUT2D eigenvalue weighted by atomic mass is 16.6. The first kappa shape index (κ1) is 18.0. The van der Waals surface area contributed by atoms with Gasteiger partial charge in [0.2, 0.25) is 0 Å². The van der Waals surface area contributed by atoms with Gasteiger partial charge in [0, 0.05) is 18.5 Å². The van der Waals surface area contributed by atoms with E-state index in [1.54, 1.807) is 12.0 Å². The molecule has 2 N–H and O–H groups in total. The molecule has 0 aromatic heterocycles. The Bertz CT molecular complexity index is 654. The fourth-order valence-electron chi connectivity index (χ4n) is 3.89. The fraction of sp³-hybridized carbons (Fsp3) is 0.632. The Morgan fingerprint density at radius 2 is 1.96 bits per heavy atom. The first-order chi connectivity index (χ1) is 11.7. The van der Waals surface area contributed by atoms with Crippen LogP contribution < -0.4 is 4.74 Å². The Morgan fingerprint density at radius 3 is 2.60 bits per heavy atom. The number of rotatable bonds is 1. The molecule has 4 atom stereocenters. The number of aliphatic hydroxyl groups is 2. The molecule has 1 aromatic rings. The highest BCUT2D eigenvalue weighted by Gasteiger charge is 2.47. The van der Waals surface area contributed by atoms with Crippen molar-refractivity contribution in [2.75, 3.05) is 7.11 Å². The largest absolute Gasteiger partial charge is 0.497 e. The highest BCUT2D eigenvalue weighted by molar-refractivity contribution is 5.70. The van der Waals surface area contributed by atoms with Crippen LogP contribution >= 0.6 is 0 Å². The van der Waals surface area contributed by atoms with Crippen molar-refractivity contribution < 1.29 is 24.5 Å². The quantitative estimate of drug-likeness (QED) is 0.814. The van der Waals surface area contributed by atoms with Gasteiger partial charge >= 0.3 is 6.09 Å². The molecule has 1 heterocycles. The maximum absolute atomic E-state index is 12.7. The molecule has 2 aliphatic rings. The van der Waals surface area contributed by atoms with Gasteiger partial charge in [0.25, 0.3) is 0 Å². The summed E-state index contributed by atoms with van der Waals surface area (Å²) in [7, 11) is 1.60. The molecule has 0 spiro atoms. The van der Waals surface area contributed by atoms with Crippen molar-refractivity contribution >= 4 is 6.09 Å².